The summed E-state index contributed by atoms with van der Waals surface area (Å²) in [6, 6.07) is -0.704. The standard InChI is InChI=1S/C16H20N8O3/c1-4-21-8-13(5-17-21)9-22-10-14(6-18-22)20-16(25)12(3)23-11(2)15(7-19-23)24(26)27/h5-8,10,12H,4,9H2,1-3H3,(H,20,25). The molecule has 0 saturated carbocycles. The number of carbonyl (C=O) groups is 1. The number of aryl methyl sites for hydroxylation is 1. The molecule has 0 bridgehead atoms. The minimum Gasteiger partial charge on any atom is -0.322 e. The van der Waals surface area contributed by atoms with Gasteiger partial charge in [-0.1, -0.05) is 0 Å². The zero-order chi connectivity index (χ0) is 19.6. The van der Waals surface area contributed by atoms with Crippen LogP contribution in [0.3, 0.4) is 0 Å². The summed E-state index contributed by atoms with van der Waals surface area (Å²) in [5.74, 6) is -0.338. The quantitative estimate of drug-likeness (QED) is 0.497. The van der Waals surface area contributed by atoms with Crippen LogP contribution in [0.2, 0.25) is 0 Å². The third-order valence-electron chi connectivity index (χ3n) is 4.22. The molecule has 1 unspecified atom stereocenters. The molecule has 142 valence electrons. The first-order valence-corrected chi connectivity index (χ1v) is 8.42. The number of anilines is 1. The first-order valence-electron chi connectivity index (χ1n) is 8.42. The Hall–Kier alpha value is -3.50. The molecular weight excluding hydrogens is 352 g/mol. The molecule has 3 aromatic heterocycles. The van der Waals surface area contributed by atoms with E-state index in [0.29, 0.717) is 17.9 Å². The Morgan fingerprint density at radius 1 is 1.22 bits per heavy atom. The van der Waals surface area contributed by atoms with Crippen LogP contribution >= 0.6 is 0 Å². The smallest absolute Gasteiger partial charge is 0.309 e. The highest BCUT2D eigenvalue weighted by atomic mass is 16.6. The fourth-order valence-corrected chi connectivity index (χ4v) is 2.70. The molecule has 0 radical (unpaired) electrons. The van der Waals surface area contributed by atoms with Gasteiger partial charge in [0.05, 0.1) is 29.5 Å². The van der Waals surface area contributed by atoms with Crippen molar-refractivity contribution < 1.29 is 9.72 Å². The monoisotopic (exact) mass is 372 g/mol. The van der Waals surface area contributed by atoms with Crippen LogP contribution in [-0.2, 0) is 17.9 Å². The normalized spacial score (nSPS) is 12.1. The van der Waals surface area contributed by atoms with E-state index in [0.717, 1.165) is 18.3 Å². The fraction of sp³-hybridized carbons (Fsp3) is 0.375. The lowest BCUT2D eigenvalue weighted by Gasteiger charge is -2.13. The zero-order valence-electron chi connectivity index (χ0n) is 15.2. The summed E-state index contributed by atoms with van der Waals surface area (Å²) >= 11 is 0. The van der Waals surface area contributed by atoms with E-state index in [4.69, 9.17) is 0 Å². The average Bonchev–Trinajstić information content (AvgIpc) is 3.35. The molecule has 0 spiro atoms. The summed E-state index contributed by atoms with van der Waals surface area (Å²) in [6.07, 6.45) is 8.13. The predicted molar refractivity (Wildman–Crippen MR) is 96.2 cm³/mol. The molecule has 0 aliphatic rings. The van der Waals surface area contributed by atoms with Gasteiger partial charge in [-0.05, 0) is 20.8 Å². The highest BCUT2D eigenvalue weighted by molar-refractivity contribution is 5.93. The van der Waals surface area contributed by atoms with Crippen LogP contribution in [0.1, 0.15) is 31.1 Å². The number of hydrogen-bond donors (Lipinski definition) is 1. The van der Waals surface area contributed by atoms with Crippen molar-refractivity contribution in [3.8, 4) is 0 Å². The van der Waals surface area contributed by atoms with Crippen LogP contribution in [0.15, 0.2) is 31.0 Å². The minimum absolute atomic E-state index is 0.116. The molecule has 0 saturated heterocycles. The van der Waals surface area contributed by atoms with Crippen molar-refractivity contribution in [1.82, 2.24) is 29.3 Å². The fourth-order valence-electron chi connectivity index (χ4n) is 2.70. The van der Waals surface area contributed by atoms with E-state index < -0.39 is 11.0 Å². The third kappa shape index (κ3) is 3.86. The van der Waals surface area contributed by atoms with Crippen LogP contribution < -0.4 is 5.32 Å². The van der Waals surface area contributed by atoms with Crippen LogP contribution in [0.5, 0.6) is 0 Å². The molecule has 3 rings (SSSR count). The first kappa shape index (κ1) is 18.3. The van der Waals surface area contributed by atoms with Crippen LogP contribution in [0.25, 0.3) is 0 Å². The number of hydrogen-bond acceptors (Lipinski definition) is 6. The summed E-state index contributed by atoms with van der Waals surface area (Å²) in [5, 5.41) is 26.1. The lowest BCUT2D eigenvalue weighted by molar-refractivity contribution is -0.385. The van der Waals surface area contributed by atoms with Gasteiger partial charge in [0.15, 0.2) is 0 Å². The summed E-state index contributed by atoms with van der Waals surface area (Å²) in [4.78, 5) is 22.9. The first-order chi connectivity index (χ1) is 12.9. The summed E-state index contributed by atoms with van der Waals surface area (Å²) in [6.45, 7) is 6.53. The number of nitrogens with zero attached hydrogens (tertiary/aromatic N) is 7. The Bertz CT molecular complexity index is 970. The van der Waals surface area contributed by atoms with E-state index in [1.807, 2.05) is 17.8 Å². The van der Waals surface area contributed by atoms with E-state index in [2.05, 4.69) is 20.6 Å². The van der Waals surface area contributed by atoms with Gasteiger partial charge in [-0.25, -0.2) is 0 Å². The molecular formula is C16H20N8O3. The molecule has 1 amide bonds. The van der Waals surface area contributed by atoms with E-state index >= 15 is 0 Å². The number of rotatable bonds is 7. The van der Waals surface area contributed by atoms with E-state index in [-0.39, 0.29) is 11.6 Å². The van der Waals surface area contributed by atoms with Gasteiger partial charge in [0.1, 0.15) is 17.9 Å². The number of amides is 1. The molecule has 1 N–H and O–H groups in total. The SMILES string of the molecule is CCn1cc(Cn2cc(NC(=O)C(C)n3ncc([N+](=O)[O-])c3C)cn2)cn1. The van der Waals surface area contributed by atoms with Crippen molar-refractivity contribution in [3.05, 3.63) is 52.4 Å². The van der Waals surface area contributed by atoms with Crippen molar-refractivity contribution in [3.63, 3.8) is 0 Å². The second kappa shape index (κ2) is 7.40. The zero-order valence-corrected chi connectivity index (χ0v) is 15.2. The van der Waals surface area contributed by atoms with Gasteiger partial charge in [0.25, 0.3) is 0 Å². The average molecular weight is 372 g/mol. The van der Waals surface area contributed by atoms with Crippen LogP contribution in [0.4, 0.5) is 11.4 Å². The highest BCUT2D eigenvalue weighted by Gasteiger charge is 2.24. The van der Waals surface area contributed by atoms with E-state index in [1.54, 1.807) is 37.1 Å². The minimum atomic E-state index is -0.704. The molecule has 1 atom stereocenters. The van der Waals surface area contributed by atoms with Crippen LogP contribution in [-0.4, -0.2) is 40.2 Å². The number of aromatic nitrogens is 6. The van der Waals surface area contributed by atoms with Crippen molar-refractivity contribution in [2.24, 2.45) is 0 Å². The maximum absolute atomic E-state index is 12.5. The lowest BCUT2D eigenvalue weighted by atomic mass is 10.3. The molecule has 0 aromatic carbocycles. The van der Waals surface area contributed by atoms with Gasteiger partial charge >= 0.3 is 5.69 Å². The van der Waals surface area contributed by atoms with Crippen molar-refractivity contribution in [1.29, 1.82) is 0 Å². The number of nitrogens with one attached hydrogen (secondary N) is 1. The predicted octanol–water partition coefficient (Wildman–Crippen LogP) is 1.76. The lowest BCUT2D eigenvalue weighted by Crippen LogP contribution is -2.25. The Labute approximate surface area is 154 Å². The molecule has 0 aliphatic heterocycles. The maximum Gasteiger partial charge on any atom is 0.309 e. The molecule has 0 fully saturated rings. The molecule has 11 nitrogen and oxygen atoms in total. The maximum atomic E-state index is 12.5. The van der Waals surface area contributed by atoms with Gasteiger partial charge in [-0.15, -0.1) is 0 Å². The second-order valence-electron chi connectivity index (χ2n) is 6.11. The Morgan fingerprint density at radius 2 is 1.96 bits per heavy atom. The highest BCUT2D eigenvalue weighted by Crippen LogP contribution is 2.21. The van der Waals surface area contributed by atoms with Crippen molar-refractivity contribution in [2.45, 2.75) is 39.9 Å². The Balaban J connectivity index is 1.65. The topological polar surface area (TPSA) is 126 Å². The second-order valence-corrected chi connectivity index (χ2v) is 6.11. The number of carbonyl (C=O) groups excluding carboxylic acids is 1. The molecule has 3 heterocycles. The molecule has 3 aromatic rings. The summed E-state index contributed by atoms with van der Waals surface area (Å²) in [7, 11) is 0. The summed E-state index contributed by atoms with van der Waals surface area (Å²) in [5.41, 5.74) is 1.75. The van der Waals surface area contributed by atoms with E-state index in [1.165, 1.54) is 4.68 Å². The van der Waals surface area contributed by atoms with E-state index in [9.17, 15) is 14.9 Å². The summed E-state index contributed by atoms with van der Waals surface area (Å²) < 4.78 is 4.85. The Kier molecular flexibility index (Phi) is 5.01. The Morgan fingerprint density at radius 3 is 2.59 bits per heavy atom. The van der Waals surface area contributed by atoms with Gasteiger partial charge in [0, 0.05) is 24.5 Å². The largest absolute Gasteiger partial charge is 0.322 e. The molecule has 11 heteroatoms. The third-order valence-corrected chi connectivity index (χ3v) is 4.22. The van der Waals surface area contributed by atoms with Crippen LogP contribution in [0, 0.1) is 17.0 Å². The van der Waals surface area contributed by atoms with Gasteiger partial charge in [0.2, 0.25) is 5.91 Å². The van der Waals surface area contributed by atoms with Gasteiger partial charge in [-0.3, -0.25) is 29.0 Å². The molecule has 0 aliphatic carbocycles. The van der Waals surface area contributed by atoms with Gasteiger partial charge in [-0.2, -0.15) is 15.3 Å². The van der Waals surface area contributed by atoms with Gasteiger partial charge < -0.3 is 5.32 Å². The number of nitro groups is 1. The van der Waals surface area contributed by atoms with Crippen molar-refractivity contribution >= 4 is 17.3 Å². The molecule has 27 heavy (non-hydrogen) atoms. The van der Waals surface area contributed by atoms with Crippen molar-refractivity contribution in [2.75, 3.05) is 5.32 Å².